The van der Waals surface area contributed by atoms with E-state index in [1.807, 2.05) is 0 Å². The summed E-state index contributed by atoms with van der Waals surface area (Å²) in [5.41, 5.74) is 6.48. The second-order valence-electron chi connectivity index (χ2n) is 6.67. The number of rotatable bonds is 4. The summed E-state index contributed by atoms with van der Waals surface area (Å²) in [4.78, 5) is 2.48. The first-order chi connectivity index (χ1) is 8.02. The van der Waals surface area contributed by atoms with Gasteiger partial charge in [0.05, 0.1) is 13.2 Å². The van der Waals surface area contributed by atoms with Crippen molar-refractivity contribution in [2.24, 2.45) is 22.5 Å². The number of likely N-dealkylation sites (tertiary alicyclic amines) is 1. The van der Waals surface area contributed by atoms with Gasteiger partial charge in [-0.15, -0.1) is 0 Å². The van der Waals surface area contributed by atoms with Crippen molar-refractivity contribution < 1.29 is 4.74 Å². The summed E-state index contributed by atoms with van der Waals surface area (Å²) in [5, 5.41) is 0. The second kappa shape index (κ2) is 4.87. The summed E-state index contributed by atoms with van der Waals surface area (Å²) in [6.45, 7) is 9.93. The molecule has 0 saturated carbocycles. The first-order valence-electron chi connectivity index (χ1n) is 6.98. The lowest BCUT2D eigenvalue weighted by atomic mass is 9.55. The lowest BCUT2D eigenvalue weighted by molar-refractivity contribution is -0.216. The molecule has 100 valence electrons. The quantitative estimate of drug-likeness (QED) is 0.813. The SMILES string of the molecule is CN1CCCC(C2(C(C)(C)CCN)COC2)C1. The normalized spacial score (nSPS) is 30.0. The van der Waals surface area contributed by atoms with E-state index in [9.17, 15) is 0 Å². The van der Waals surface area contributed by atoms with Crippen LogP contribution in [0.15, 0.2) is 0 Å². The largest absolute Gasteiger partial charge is 0.380 e. The predicted octanol–water partition coefficient (Wildman–Crippen LogP) is 1.72. The van der Waals surface area contributed by atoms with Crippen LogP contribution < -0.4 is 5.73 Å². The first kappa shape index (κ1) is 13.3. The molecular formula is C14H28N2O. The molecule has 1 unspecified atom stereocenters. The molecule has 1 atom stereocenters. The molecule has 2 fully saturated rings. The molecule has 2 heterocycles. The molecule has 0 aliphatic carbocycles. The molecule has 2 saturated heterocycles. The molecule has 0 aromatic heterocycles. The fourth-order valence-electron chi connectivity index (χ4n) is 3.73. The van der Waals surface area contributed by atoms with Crippen molar-refractivity contribution in [2.75, 3.05) is 39.9 Å². The highest BCUT2D eigenvalue weighted by Gasteiger charge is 2.55. The minimum atomic E-state index is 0.308. The summed E-state index contributed by atoms with van der Waals surface area (Å²) >= 11 is 0. The van der Waals surface area contributed by atoms with Crippen LogP contribution in [0.4, 0.5) is 0 Å². The molecule has 0 aromatic rings. The maximum absolute atomic E-state index is 5.80. The molecule has 0 bridgehead atoms. The van der Waals surface area contributed by atoms with Gasteiger partial charge in [0, 0.05) is 12.0 Å². The Balaban J connectivity index is 2.13. The molecule has 2 rings (SSSR count). The molecule has 17 heavy (non-hydrogen) atoms. The lowest BCUT2D eigenvalue weighted by Crippen LogP contribution is -2.60. The molecule has 2 aliphatic rings. The van der Waals surface area contributed by atoms with Gasteiger partial charge in [-0.25, -0.2) is 0 Å². The zero-order valence-corrected chi connectivity index (χ0v) is 11.7. The van der Waals surface area contributed by atoms with Gasteiger partial charge in [-0.2, -0.15) is 0 Å². The fourth-order valence-corrected chi connectivity index (χ4v) is 3.73. The Morgan fingerprint density at radius 1 is 1.41 bits per heavy atom. The van der Waals surface area contributed by atoms with Gasteiger partial charge in [0.15, 0.2) is 0 Å². The minimum Gasteiger partial charge on any atom is -0.380 e. The van der Waals surface area contributed by atoms with Crippen molar-refractivity contribution in [3.63, 3.8) is 0 Å². The van der Waals surface area contributed by atoms with Crippen LogP contribution in [0.2, 0.25) is 0 Å². The molecular weight excluding hydrogens is 212 g/mol. The number of nitrogens with zero attached hydrogens (tertiary/aromatic N) is 1. The van der Waals surface area contributed by atoms with E-state index in [2.05, 4.69) is 25.8 Å². The van der Waals surface area contributed by atoms with E-state index >= 15 is 0 Å². The summed E-state index contributed by atoms with van der Waals surface area (Å²) in [7, 11) is 2.25. The van der Waals surface area contributed by atoms with Gasteiger partial charge in [0.1, 0.15) is 0 Å². The zero-order chi connectivity index (χ0) is 12.5. The van der Waals surface area contributed by atoms with E-state index in [-0.39, 0.29) is 0 Å². The molecule has 0 spiro atoms. The summed E-state index contributed by atoms with van der Waals surface area (Å²) in [5.74, 6) is 0.788. The van der Waals surface area contributed by atoms with Crippen molar-refractivity contribution in [1.82, 2.24) is 4.90 Å². The average molecular weight is 240 g/mol. The summed E-state index contributed by atoms with van der Waals surface area (Å²) < 4.78 is 5.60. The Labute approximate surface area is 106 Å². The Kier molecular flexibility index (Phi) is 3.81. The van der Waals surface area contributed by atoms with Crippen molar-refractivity contribution in [1.29, 1.82) is 0 Å². The van der Waals surface area contributed by atoms with Gasteiger partial charge in [-0.3, -0.25) is 0 Å². The van der Waals surface area contributed by atoms with Crippen molar-refractivity contribution in [3.8, 4) is 0 Å². The maximum atomic E-state index is 5.80. The maximum Gasteiger partial charge on any atom is 0.0553 e. The Bertz CT molecular complexity index is 261. The standard InChI is InChI=1S/C14H28N2O/c1-13(2,6-7-15)14(10-17-11-14)12-5-4-8-16(3)9-12/h12H,4-11,15H2,1-3H3. The van der Waals surface area contributed by atoms with Gasteiger partial charge in [-0.05, 0) is 50.7 Å². The van der Waals surface area contributed by atoms with Crippen LogP contribution in [0, 0.1) is 16.7 Å². The van der Waals surface area contributed by atoms with Gasteiger partial charge >= 0.3 is 0 Å². The van der Waals surface area contributed by atoms with Gasteiger partial charge in [0.25, 0.3) is 0 Å². The Morgan fingerprint density at radius 3 is 2.59 bits per heavy atom. The third-order valence-electron chi connectivity index (χ3n) is 5.24. The Morgan fingerprint density at radius 2 is 2.12 bits per heavy atom. The first-order valence-corrected chi connectivity index (χ1v) is 6.98. The van der Waals surface area contributed by atoms with Crippen molar-refractivity contribution >= 4 is 0 Å². The topological polar surface area (TPSA) is 38.5 Å². The van der Waals surface area contributed by atoms with Crippen molar-refractivity contribution in [2.45, 2.75) is 33.1 Å². The third-order valence-corrected chi connectivity index (χ3v) is 5.24. The minimum absolute atomic E-state index is 0.308. The van der Waals surface area contributed by atoms with E-state index in [4.69, 9.17) is 10.5 Å². The molecule has 0 aromatic carbocycles. The molecule has 0 amide bonds. The predicted molar refractivity (Wildman–Crippen MR) is 70.9 cm³/mol. The van der Waals surface area contributed by atoms with Gasteiger partial charge in [0.2, 0.25) is 0 Å². The molecule has 3 nitrogen and oxygen atoms in total. The lowest BCUT2D eigenvalue weighted by Gasteiger charge is -2.58. The van der Waals surface area contributed by atoms with Crippen LogP contribution in [0.5, 0.6) is 0 Å². The zero-order valence-electron chi connectivity index (χ0n) is 11.7. The highest BCUT2D eigenvalue weighted by Crippen LogP contribution is 2.54. The Hall–Kier alpha value is -0.120. The van der Waals surface area contributed by atoms with E-state index in [1.54, 1.807) is 0 Å². The number of hydrogen-bond acceptors (Lipinski definition) is 3. The van der Waals surface area contributed by atoms with Crippen LogP contribution in [-0.4, -0.2) is 44.8 Å². The van der Waals surface area contributed by atoms with E-state index in [1.165, 1.54) is 25.9 Å². The molecule has 0 radical (unpaired) electrons. The van der Waals surface area contributed by atoms with Crippen LogP contribution in [-0.2, 0) is 4.74 Å². The molecule has 2 N–H and O–H groups in total. The van der Waals surface area contributed by atoms with Crippen molar-refractivity contribution in [3.05, 3.63) is 0 Å². The second-order valence-corrected chi connectivity index (χ2v) is 6.67. The monoisotopic (exact) mass is 240 g/mol. The van der Waals surface area contributed by atoms with E-state index < -0.39 is 0 Å². The number of ether oxygens (including phenoxy) is 1. The number of hydrogen-bond donors (Lipinski definition) is 1. The summed E-state index contributed by atoms with van der Waals surface area (Å²) in [6.07, 6.45) is 3.81. The van der Waals surface area contributed by atoms with E-state index in [0.717, 1.165) is 32.1 Å². The van der Waals surface area contributed by atoms with Crippen LogP contribution in [0.1, 0.15) is 33.1 Å². The highest BCUT2D eigenvalue weighted by atomic mass is 16.5. The smallest absolute Gasteiger partial charge is 0.0553 e. The fraction of sp³-hybridized carbons (Fsp3) is 1.00. The average Bonchev–Trinajstić information content (AvgIpc) is 2.14. The van der Waals surface area contributed by atoms with Gasteiger partial charge in [-0.1, -0.05) is 13.8 Å². The molecule has 3 heteroatoms. The van der Waals surface area contributed by atoms with Crippen LogP contribution in [0.3, 0.4) is 0 Å². The number of nitrogens with two attached hydrogens (primary N) is 1. The number of piperidine rings is 1. The molecule has 2 aliphatic heterocycles. The van der Waals surface area contributed by atoms with Crippen LogP contribution in [0.25, 0.3) is 0 Å². The summed E-state index contributed by atoms with van der Waals surface area (Å²) in [6, 6.07) is 0. The van der Waals surface area contributed by atoms with Crippen LogP contribution >= 0.6 is 0 Å². The third kappa shape index (κ3) is 2.25. The van der Waals surface area contributed by atoms with Gasteiger partial charge < -0.3 is 15.4 Å². The van der Waals surface area contributed by atoms with E-state index in [0.29, 0.717) is 10.8 Å². The highest BCUT2D eigenvalue weighted by molar-refractivity contribution is 5.03.